The number of carbonyl (C=O) groups is 4. The molecule has 16 nitrogen and oxygen atoms in total. The number of cyclic esters (lactones) is 1. The lowest BCUT2D eigenvalue weighted by atomic mass is 9.84. The summed E-state index contributed by atoms with van der Waals surface area (Å²) in [6, 6.07) is 13.7. The average molecular weight is 1140 g/mol. The zero-order valence-electron chi connectivity index (χ0n) is 49.0. The van der Waals surface area contributed by atoms with E-state index in [1.165, 1.54) is 22.4 Å². The summed E-state index contributed by atoms with van der Waals surface area (Å²) in [6.45, 7) is 16.2. The number of nitrogens with zero attached hydrogens (tertiary/aromatic N) is 7. The van der Waals surface area contributed by atoms with Crippen LogP contribution in [0.4, 0.5) is 23.7 Å². The molecular formula is C63H84F3N9O7. The van der Waals surface area contributed by atoms with Crippen molar-refractivity contribution >= 4 is 40.5 Å². The highest BCUT2D eigenvalue weighted by Gasteiger charge is 2.50. The van der Waals surface area contributed by atoms with Crippen LogP contribution in [0.3, 0.4) is 0 Å². The topological polar surface area (TPSA) is 154 Å². The number of ether oxygens (including phenoxy) is 3. The van der Waals surface area contributed by atoms with Crippen LogP contribution in [0.1, 0.15) is 129 Å². The molecular weight excluding hydrogens is 1050 g/mol. The van der Waals surface area contributed by atoms with E-state index in [4.69, 9.17) is 19.2 Å². The normalized spacial score (nSPS) is 25.2. The Labute approximate surface area is 480 Å². The minimum atomic E-state index is -4.60. The number of aromatic nitrogens is 2. The maximum atomic E-state index is 15.2. The van der Waals surface area contributed by atoms with Crippen molar-refractivity contribution in [3.8, 4) is 22.4 Å². The van der Waals surface area contributed by atoms with Gasteiger partial charge in [-0.2, -0.15) is 13.2 Å². The van der Waals surface area contributed by atoms with Gasteiger partial charge in [-0.1, -0.05) is 57.0 Å². The molecule has 2 aromatic carbocycles. The van der Waals surface area contributed by atoms with Crippen LogP contribution < -0.4 is 15.6 Å². The Morgan fingerprint density at radius 1 is 0.890 bits per heavy atom. The highest BCUT2D eigenvalue weighted by molar-refractivity contribution is 5.96. The fourth-order valence-corrected chi connectivity index (χ4v) is 14.2. The molecule has 444 valence electrons. The number of likely N-dealkylation sites (tertiary alicyclic amines) is 2. The van der Waals surface area contributed by atoms with E-state index in [1.807, 2.05) is 90.2 Å². The van der Waals surface area contributed by atoms with Gasteiger partial charge in [-0.15, -0.1) is 0 Å². The van der Waals surface area contributed by atoms with Gasteiger partial charge < -0.3 is 33.9 Å². The standard InChI is InChI=1S/C63H84F3N9O7/c1-40(80-7)53-48(33-46(35-67-53)71-28-26-70(27-29-71)45-18-19-45)55-49-34-61(5,6)39-81-58(78)50-16-11-23-75(69-50)57(77)51(31-41-12-10-15-43(30-41)44-17-20-52(47(49)32-44)74(55)38-63(64,65)66)68-56(76)54(42-13-8-9-14-42)72-24-21-62(36-72)22-25-73(37-62)59(79)82-60(2,3)4/h10,12,15,17,20,30,32-33,35,40,42,45,50-51,54,69H,8-9,11,13-14,16,18-19,21-29,31,34,36-39H2,1-7H3,(H,68,76)/t40-,50-,51-,54-,62-/m0/s1. The highest BCUT2D eigenvalue weighted by atomic mass is 19.4. The van der Waals surface area contributed by atoms with E-state index in [0.29, 0.717) is 85.0 Å². The van der Waals surface area contributed by atoms with E-state index in [1.54, 1.807) is 18.1 Å². The number of anilines is 1. The Bertz CT molecular complexity index is 3030. The Morgan fingerprint density at radius 3 is 2.35 bits per heavy atom. The first-order valence-corrected chi connectivity index (χ1v) is 30.1. The van der Waals surface area contributed by atoms with Gasteiger partial charge in [-0.05, 0) is 138 Å². The molecule has 4 aromatic rings. The van der Waals surface area contributed by atoms with Crippen LogP contribution in [0, 0.1) is 16.7 Å². The zero-order valence-corrected chi connectivity index (χ0v) is 49.0. The Balaban J connectivity index is 0.968. The fourth-order valence-electron chi connectivity index (χ4n) is 14.2. The molecule has 0 unspecified atom stereocenters. The van der Waals surface area contributed by atoms with Gasteiger partial charge in [-0.3, -0.25) is 34.2 Å². The Morgan fingerprint density at radius 2 is 1.63 bits per heavy atom. The highest BCUT2D eigenvalue weighted by Crippen LogP contribution is 2.46. The van der Waals surface area contributed by atoms with Gasteiger partial charge >= 0.3 is 18.2 Å². The number of nitrogens with one attached hydrogen (secondary N) is 2. The number of rotatable bonds is 10. The zero-order chi connectivity index (χ0) is 57.9. The van der Waals surface area contributed by atoms with E-state index < -0.39 is 53.9 Å². The fraction of sp³-hybridized carbons (Fsp3) is 0.635. The number of alkyl halides is 3. The second-order valence-corrected chi connectivity index (χ2v) is 26.6. The van der Waals surface area contributed by atoms with Gasteiger partial charge in [0.15, 0.2) is 0 Å². The Hall–Kier alpha value is -5.76. The molecule has 6 bridgehead atoms. The molecule has 2 N–H and O–H groups in total. The van der Waals surface area contributed by atoms with Gasteiger partial charge in [0.1, 0.15) is 24.2 Å². The van der Waals surface area contributed by atoms with Crippen LogP contribution in [0.5, 0.6) is 0 Å². The first-order chi connectivity index (χ1) is 39.0. The number of piperazine rings is 1. The van der Waals surface area contributed by atoms with E-state index in [-0.39, 0.29) is 48.7 Å². The van der Waals surface area contributed by atoms with Crippen LogP contribution in [0.15, 0.2) is 54.7 Å². The van der Waals surface area contributed by atoms with Gasteiger partial charge in [0.05, 0.1) is 42.0 Å². The molecule has 11 rings (SSSR count). The van der Waals surface area contributed by atoms with Crippen LogP contribution >= 0.6 is 0 Å². The second kappa shape index (κ2) is 23.0. The van der Waals surface area contributed by atoms with Crippen molar-refractivity contribution in [1.29, 1.82) is 0 Å². The summed E-state index contributed by atoms with van der Waals surface area (Å²) in [5.74, 6) is -1.04. The van der Waals surface area contributed by atoms with E-state index in [2.05, 4.69) is 25.4 Å². The minimum Gasteiger partial charge on any atom is -0.464 e. The smallest absolute Gasteiger partial charge is 0.410 e. The van der Waals surface area contributed by atoms with Crippen molar-refractivity contribution in [1.82, 2.24) is 40.0 Å². The van der Waals surface area contributed by atoms with Crippen LogP contribution in [-0.2, 0) is 48.0 Å². The Kier molecular flexibility index (Phi) is 16.3. The van der Waals surface area contributed by atoms with Crippen molar-refractivity contribution in [3.05, 3.63) is 71.5 Å². The quantitative estimate of drug-likeness (QED) is 0.146. The van der Waals surface area contributed by atoms with Crippen molar-refractivity contribution in [2.75, 3.05) is 77.5 Å². The van der Waals surface area contributed by atoms with Gasteiger partial charge in [0.25, 0.3) is 5.91 Å². The summed E-state index contributed by atoms with van der Waals surface area (Å²) in [7, 11) is 1.58. The summed E-state index contributed by atoms with van der Waals surface area (Å²) in [4.78, 5) is 71.8. The number of halogens is 3. The molecule has 19 heteroatoms. The average Bonchev–Trinajstić information content (AvgIpc) is 2.54. The maximum absolute atomic E-state index is 15.2. The number of carbonyl (C=O) groups excluding carboxylic acids is 4. The predicted molar refractivity (Wildman–Crippen MR) is 308 cm³/mol. The molecule has 7 aliphatic rings. The summed E-state index contributed by atoms with van der Waals surface area (Å²) in [6.07, 6.45) is 5.51. The van der Waals surface area contributed by atoms with Gasteiger partial charge in [0, 0.05) is 99.2 Å². The summed E-state index contributed by atoms with van der Waals surface area (Å²) in [5.41, 5.74) is 7.31. The summed E-state index contributed by atoms with van der Waals surface area (Å²) in [5, 5.41) is 5.40. The number of hydrogen-bond donors (Lipinski definition) is 2. The van der Waals surface area contributed by atoms with Crippen LogP contribution in [0.25, 0.3) is 33.3 Å². The molecule has 82 heavy (non-hydrogen) atoms. The predicted octanol–water partition coefficient (Wildman–Crippen LogP) is 9.46. The number of benzene rings is 2. The number of fused-ring (bicyclic) bond motifs is 6. The minimum absolute atomic E-state index is 0.0615. The third-order valence-electron chi connectivity index (χ3n) is 18.5. The maximum Gasteiger partial charge on any atom is 0.410 e. The first kappa shape index (κ1) is 58.0. The molecule has 2 aliphatic carbocycles. The van der Waals surface area contributed by atoms with Gasteiger partial charge in [-0.25, -0.2) is 10.2 Å². The lowest BCUT2D eigenvalue weighted by molar-refractivity contribution is -0.155. The lowest BCUT2D eigenvalue weighted by Crippen LogP contribution is -2.62. The number of esters is 1. The molecule has 5 atom stereocenters. The molecule has 1 spiro atoms. The van der Waals surface area contributed by atoms with E-state index >= 15 is 22.8 Å². The summed E-state index contributed by atoms with van der Waals surface area (Å²) < 4.78 is 65.0. The molecule has 0 radical (unpaired) electrons. The lowest BCUT2D eigenvalue weighted by Gasteiger charge is -2.37. The molecule has 6 fully saturated rings. The number of hydrogen-bond acceptors (Lipinski definition) is 12. The molecule has 2 aromatic heterocycles. The number of hydrazine groups is 1. The largest absolute Gasteiger partial charge is 0.464 e. The molecule has 2 saturated carbocycles. The summed E-state index contributed by atoms with van der Waals surface area (Å²) >= 11 is 0. The van der Waals surface area contributed by atoms with E-state index in [9.17, 15) is 9.59 Å². The van der Waals surface area contributed by atoms with Gasteiger partial charge in [0.2, 0.25) is 5.91 Å². The van der Waals surface area contributed by atoms with E-state index in [0.717, 1.165) is 87.1 Å². The SMILES string of the molecule is CO[C@@H](C)c1ncc(N2CCN(C3CC3)CC2)cc1-c1c2c3cc(ccc3n1CC(F)(F)F)-c1cccc(c1)C[C@H](NC(=O)[C@H](C1CCCC1)N1CC[C@]3(CCN(C(=O)OC(C)(C)C)C3)C1)C(=O)N1CCC[C@H](N1)C(=O)OCC(C)(C)C2. The monoisotopic (exact) mass is 1140 g/mol. The first-order valence-electron chi connectivity index (χ1n) is 30.1. The number of pyridine rings is 1. The molecule has 5 aliphatic heterocycles. The molecule has 7 heterocycles. The van der Waals surface area contributed by atoms with Crippen molar-refractivity contribution in [3.63, 3.8) is 0 Å². The molecule has 4 saturated heterocycles. The van der Waals surface area contributed by atoms with Crippen molar-refractivity contribution < 1.29 is 46.6 Å². The number of amides is 3. The van der Waals surface area contributed by atoms with Crippen LogP contribution in [-0.4, -0.2) is 162 Å². The molecule has 3 amide bonds. The van der Waals surface area contributed by atoms with Crippen LogP contribution in [0.2, 0.25) is 0 Å². The number of methoxy groups -OCH3 is 1. The third kappa shape index (κ3) is 12.7. The third-order valence-corrected chi connectivity index (χ3v) is 18.5. The van der Waals surface area contributed by atoms with Crippen molar-refractivity contribution in [2.45, 2.75) is 167 Å². The van der Waals surface area contributed by atoms with Crippen molar-refractivity contribution in [2.24, 2.45) is 16.7 Å². The second-order valence-electron chi connectivity index (χ2n) is 26.6.